The lowest BCUT2D eigenvalue weighted by atomic mass is 10.1. The van der Waals surface area contributed by atoms with E-state index in [1.54, 1.807) is 20.4 Å². The van der Waals surface area contributed by atoms with Crippen LogP contribution in [0.15, 0.2) is 34.0 Å². The van der Waals surface area contributed by atoms with Crippen molar-refractivity contribution < 1.29 is 4.74 Å². The second-order valence-electron chi connectivity index (χ2n) is 6.25. The second-order valence-corrected chi connectivity index (χ2v) is 6.25. The maximum Gasteiger partial charge on any atom is 0.332 e. The summed E-state index contributed by atoms with van der Waals surface area (Å²) < 4.78 is 7.92. The van der Waals surface area contributed by atoms with E-state index >= 15 is 0 Å². The molecule has 0 saturated heterocycles. The number of benzene rings is 1. The normalized spacial score (nSPS) is 11.0. The van der Waals surface area contributed by atoms with E-state index in [1.807, 2.05) is 32.0 Å². The van der Waals surface area contributed by atoms with Crippen molar-refractivity contribution >= 4 is 22.4 Å². The monoisotopic (exact) mass is 354 g/mol. The number of anilines is 2. The van der Waals surface area contributed by atoms with Crippen molar-refractivity contribution in [3.8, 4) is 5.75 Å². The molecule has 3 rings (SSSR count). The number of methoxy groups -OCH3 is 1. The average molecular weight is 354 g/mol. The fourth-order valence-corrected chi connectivity index (χ4v) is 3.03. The molecule has 3 aromatic rings. The molecule has 2 heterocycles. The summed E-state index contributed by atoms with van der Waals surface area (Å²) in [7, 11) is 4.68. The highest BCUT2D eigenvalue weighted by molar-refractivity contribution is 5.93. The number of aryl methyl sites for hydroxylation is 3. The standard InChI is InChI=1S/C19H22N4O3/c1-6-12-10-20-17-15(18(24)23(4)19(25)22(17)3)16(12)21-13-9-11(2)7-8-14(13)26-5/h7-10H,6H2,1-5H3,(H,20,21). The first kappa shape index (κ1) is 17.7. The lowest BCUT2D eigenvalue weighted by Crippen LogP contribution is -2.37. The molecule has 0 atom stereocenters. The van der Waals surface area contributed by atoms with Gasteiger partial charge in [-0.05, 0) is 36.6 Å². The summed E-state index contributed by atoms with van der Waals surface area (Å²) in [5.41, 5.74) is 2.92. The summed E-state index contributed by atoms with van der Waals surface area (Å²) in [6, 6.07) is 5.79. The fourth-order valence-electron chi connectivity index (χ4n) is 3.03. The molecule has 0 radical (unpaired) electrons. The minimum atomic E-state index is -0.404. The molecule has 0 bridgehead atoms. The Labute approximate surface area is 150 Å². The number of hydrogen-bond acceptors (Lipinski definition) is 5. The average Bonchev–Trinajstić information content (AvgIpc) is 2.64. The Bertz CT molecular complexity index is 1110. The topological polar surface area (TPSA) is 78.2 Å². The molecule has 7 heteroatoms. The van der Waals surface area contributed by atoms with E-state index in [1.165, 1.54) is 11.6 Å². The van der Waals surface area contributed by atoms with Crippen molar-refractivity contribution in [2.75, 3.05) is 12.4 Å². The summed E-state index contributed by atoms with van der Waals surface area (Å²) in [6.45, 7) is 3.98. The predicted octanol–water partition coefficient (Wildman–Crippen LogP) is 2.26. The zero-order chi connectivity index (χ0) is 19.0. The van der Waals surface area contributed by atoms with Crippen LogP contribution in [0.3, 0.4) is 0 Å². The van der Waals surface area contributed by atoms with Gasteiger partial charge < -0.3 is 10.1 Å². The molecule has 0 aliphatic heterocycles. The molecule has 0 saturated carbocycles. The Morgan fingerprint density at radius 2 is 1.92 bits per heavy atom. The van der Waals surface area contributed by atoms with Crippen LogP contribution in [0.5, 0.6) is 5.75 Å². The summed E-state index contributed by atoms with van der Waals surface area (Å²) in [4.78, 5) is 29.4. The van der Waals surface area contributed by atoms with E-state index in [2.05, 4.69) is 10.3 Å². The molecule has 2 aromatic heterocycles. The molecule has 0 spiro atoms. The van der Waals surface area contributed by atoms with Crippen LogP contribution in [0.2, 0.25) is 0 Å². The Balaban J connectivity index is 2.37. The van der Waals surface area contributed by atoms with E-state index < -0.39 is 5.69 Å². The predicted molar refractivity (Wildman–Crippen MR) is 103 cm³/mol. The second kappa shape index (κ2) is 6.67. The summed E-state index contributed by atoms with van der Waals surface area (Å²) in [6.07, 6.45) is 2.39. The van der Waals surface area contributed by atoms with E-state index in [9.17, 15) is 9.59 Å². The van der Waals surface area contributed by atoms with Crippen molar-refractivity contribution in [3.05, 3.63) is 56.4 Å². The van der Waals surface area contributed by atoms with Gasteiger partial charge in [0.25, 0.3) is 5.56 Å². The Kier molecular flexibility index (Phi) is 4.54. The molecule has 0 fully saturated rings. The molecule has 136 valence electrons. The third-order valence-electron chi connectivity index (χ3n) is 4.54. The van der Waals surface area contributed by atoms with Crippen LogP contribution in [-0.2, 0) is 20.5 Å². The van der Waals surface area contributed by atoms with E-state index in [-0.39, 0.29) is 5.56 Å². The van der Waals surface area contributed by atoms with Crippen LogP contribution < -0.4 is 21.3 Å². The molecule has 0 unspecified atom stereocenters. The fraction of sp³-hybridized carbons (Fsp3) is 0.316. The van der Waals surface area contributed by atoms with Gasteiger partial charge in [0.1, 0.15) is 11.1 Å². The first-order chi connectivity index (χ1) is 12.4. The first-order valence-corrected chi connectivity index (χ1v) is 8.38. The van der Waals surface area contributed by atoms with Crippen LogP contribution >= 0.6 is 0 Å². The number of hydrogen-bond donors (Lipinski definition) is 1. The van der Waals surface area contributed by atoms with Crippen LogP contribution in [0, 0.1) is 6.92 Å². The van der Waals surface area contributed by atoms with E-state index in [4.69, 9.17) is 4.74 Å². The molecule has 0 aliphatic rings. The van der Waals surface area contributed by atoms with Crippen molar-refractivity contribution in [1.82, 2.24) is 14.1 Å². The smallest absolute Gasteiger partial charge is 0.332 e. The van der Waals surface area contributed by atoms with Crippen molar-refractivity contribution in [2.24, 2.45) is 14.1 Å². The Hall–Kier alpha value is -3.09. The zero-order valence-corrected chi connectivity index (χ0v) is 15.6. The third-order valence-corrected chi connectivity index (χ3v) is 4.54. The Morgan fingerprint density at radius 3 is 2.58 bits per heavy atom. The maximum atomic E-state index is 12.8. The highest BCUT2D eigenvalue weighted by atomic mass is 16.5. The molecule has 26 heavy (non-hydrogen) atoms. The maximum absolute atomic E-state index is 12.8. The molecular formula is C19H22N4O3. The number of rotatable bonds is 4. The van der Waals surface area contributed by atoms with Crippen molar-refractivity contribution in [1.29, 1.82) is 0 Å². The van der Waals surface area contributed by atoms with Gasteiger partial charge in [-0.15, -0.1) is 0 Å². The summed E-state index contributed by atoms with van der Waals surface area (Å²) in [5.74, 6) is 0.671. The molecule has 1 aromatic carbocycles. The van der Waals surface area contributed by atoms with Gasteiger partial charge in [-0.25, -0.2) is 9.78 Å². The van der Waals surface area contributed by atoms with Gasteiger partial charge in [0, 0.05) is 20.3 Å². The van der Waals surface area contributed by atoms with Gasteiger partial charge in [0.15, 0.2) is 5.65 Å². The highest BCUT2D eigenvalue weighted by Crippen LogP contribution is 2.32. The van der Waals surface area contributed by atoms with Crippen LogP contribution in [0.4, 0.5) is 11.4 Å². The molecule has 1 N–H and O–H groups in total. The SMILES string of the molecule is CCc1cnc2c(c1Nc1cc(C)ccc1OC)c(=O)n(C)c(=O)n2C. The van der Waals surface area contributed by atoms with Crippen molar-refractivity contribution in [3.63, 3.8) is 0 Å². The first-order valence-electron chi connectivity index (χ1n) is 8.38. The number of ether oxygens (including phenoxy) is 1. The van der Waals surface area contributed by atoms with Crippen LogP contribution in [-0.4, -0.2) is 21.2 Å². The number of aromatic nitrogens is 3. The van der Waals surface area contributed by atoms with Gasteiger partial charge >= 0.3 is 5.69 Å². The van der Waals surface area contributed by atoms with Crippen LogP contribution in [0.1, 0.15) is 18.1 Å². The summed E-state index contributed by atoms with van der Waals surface area (Å²) in [5, 5.41) is 3.73. The molecule has 7 nitrogen and oxygen atoms in total. The quantitative estimate of drug-likeness (QED) is 0.777. The van der Waals surface area contributed by atoms with Gasteiger partial charge in [-0.3, -0.25) is 13.9 Å². The van der Waals surface area contributed by atoms with Gasteiger partial charge in [-0.2, -0.15) is 0 Å². The van der Waals surface area contributed by atoms with E-state index in [0.717, 1.165) is 21.4 Å². The van der Waals surface area contributed by atoms with Gasteiger partial charge in [0.05, 0.1) is 18.5 Å². The Morgan fingerprint density at radius 1 is 1.19 bits per heavy atom. The van der Waals surface area contributed by atoms with Gasteiger partial charge in [-0.1, -0.05) is 13.0 Å². The highest BCUT2D eigenvalue weighted by Gasteiger charge is 2.18. The number of pyridine rings is 1. The van der Waals surface area contributed by atoms with Gasteiger partial charge in [0.2, 0.25) is 0 Å². The number of nitrogens with one attached hydrogen (secondary N) is 1. The summed E-state index contributed by atoms with van der Waals surface area (Å²) >= 11 is 0. The van der Waals surface area contributed by atoms with Crippen molar-refractivity contribution in [2.45, 2.75) is 20.3 Å². The minimum Gasteiger partial charge on any atom is -0.495 e. The molecular weight excluding hydrogens is 332 g/mol. The number of nitrogens with zero attached hydrogens (tertiary/aromatic N) is 3. The zero-order valence-electron chi connectivity index (χ0n) is 15.6. The lowest BCUT2D eigenvalue weighted by Gasteiger charge is -2.17. The number of fused-ring (bicyclic) bond motifs is 1. The molecule has 0 amide bonds. The minimum absolute atomic E-state index is 0.351. The van der Waals surface area contributed by atoms with E-state index in [0.29, 0.717) is 28.9 Å². The van der Waals surface area contributed by atoms with Crippen LogP contribution in [0.25, 0.3) is 11.0 Å². The lowest BCUT2D eigenvalue weighted by molar-refractivity contribution is 0.416. The molecule has 0 aliphatic carbocycles. The third kappa shape index (κ3) is 2.75. The largest absolute Gasteiger partial charge is 0.495 e.